The van der Waals surface area contributed by atoms with Crippen LogP contribution in [0.3, 0.4) is 0 Å². The van der Waals surface area contributed by atoms with Gasteiger partial charge in [-0.05, 0) is 58.2 Å². The summed E-state index contributed by atoms with van der Waals surface area (Å²) in [6.45, 7) is 12.0. The molecule has 0 spiro atoms. The highest BCUT2D eigenvalue weighted by atomic mass is 79.9. The maximum Gasteiger partial charge on any atom is 0.229 e. The molecule has 1 saturated heterocycles. The molecule has 1 aliphatic heterocycles. The van der Waals surface area contributed by atoms with E-state index in [9.17, 15) is 9.65 Å². The van der Waals surface area contributed by atoms with E-state index < -0.39 is 14.1 Å². The molecule has 0 radical (unpaired) electrons. The van der Waals surface area contributed by atoms with Crippen molar-refractivity contribution in [1.82, 2.24) is 9.97 Å². The van der Waals surface area contributed by atoms with Gasteiger partial charge in [0.2, 0.25) is 5.95 Å². The van der Waals surface area contributed by atoms with Gasteiger partial charge in [-0.25, -0.2) is 9.37 Å². The van der Waals surface area contributed by atoms with Gasteiger partial charge in [-0.3, -0.25) is 0 Å². The monoisotopic (exact) mass is 569 g/mol. The largest absolute Gasteiger partial charge is 0.413 e. The Kier molecular flexibility index (Phi) is 8.58. The minimum atomic E-state index is -2.01. The Morgan fingerprint density at radius 1 is 1.38 bits per heavy atom. The second kappa shape index (κ2) is 10.9. The number of hydrogen-bond acceptors (Lipinski definition) is 7. The van der Waals surface area contributed by atoms with Crippen LogP contribution in [-0.4, -0.2) is 37.5 Å². The molecular formula is C23H30BrClFN5O2Si. The molecule has 1 fully saturated rings. The third kappa shape index (κ3) is 6.46. The zero-order chi connectivity index (χ0) is 25.1. The van der Waals surface area contributed by atoms with Crippen LogP contribution in [0.1, 0.15) is 32.8 Å². The van der Waals surface area contributed by atoms with Crippen molar-refractivity contribution in [2.45, 2.75) is 58.0 Å². The molecule has 2 heterocycles. The van der Waals surface area contributed by atoms with E-state index in [1.807, 2.05) is 6.07 Å². The Morgan fingerprint density at radius 2 is 2.12 bits per heavy atom. The molecule has 184 valence electrons. The molecule has 0 bridgehead atoms. The summed E-state index contributed by atoms with van der Waals surface area (Å²) in [4.78, 5) is 8.66. The summed E-state index contributed by atoms with van der Waals surface area (Å²) in [6, 6.07) is 5.24. The van der Waals surface area contributed by atoms with E-state index in [2.05, 4.69) is 76.5 Å². The summed E-state index contributed by atoms with van der Waals surface area (Å²) < 4.78 is 26.8. The molecule has 7 nitrogen and oxygen atoms in total. The summed E-state index contributed by atoms with van der Waals surface area (Å²) in [5.41, 5.74) is 1.18. The number of benzene rings is 1. The van der Waals surface area contributed by atoms with E-state index >= 15 is 0 Å². The van der Waals surface area contributed by atoms with Crippen molar-refractivity contribution < 1.29 is 13.6 Å². The lowest BCUT2D eigenvalue weighted by Crippen LogP contribution is -2.40. The highest BCUT2D eigenvalue weighted by molar-refractivity contribution is 9.10. The lowest BCUT2D eigenvalue weighted by molar-refractivity contribution is 0.0698. The maximum absolute atomic E-state index is 14.7. The molecule has 0 unspecified atom stereocenters. The number of nitriles is 1. The van der Waals surface area contributed by atoms with Gasteiger partial charge in [0.15, 0.2) is 14.1 Å². The molecule has 1 aromatic heterocycles. The average molecular weight is 571 g/mol. The summed E-state index contributed by atoms with van der Waals surface area (Å²) in [5.74, 6) is 0.00619. The number of halogens is 3. The Hall–Kier alpha value is -1.77. The van der Waals surface area contributed by atoms with E-state index in [0.717, 1.165) is 0 Å². The van der Waals surface area contributed by atoms with Gasteiger partial charge in [0, 0.05) is 12.3 Å². The number of hydrogen-bond donors (Lipinski definition) is 2. The molecule has 1 aromatic carbocycles. The Labute approximate surface area is 214 Å². The van der Waals surface area contributed by atoms with Crippen molar-refractivity contribution in [3.63, 3.8) is 0 Å². The SMILES string of the molecule is CC(C)(C)[Si](C)(C)OCc1cc(Nc2ncc(Cl)c(N[C@H]3COCC[C@@H]3C#N)n2)cc(F)c1Br. The van der Waals surface area contributed by atoms with Crippen LogP contribution in [0.5, 0.6) is 0 Å². The predicted molar refractivity (Wildman–Crippen MR) is 138 cm³/mol. The first kappa shape index (κ1) is 26.8. The maximum atomic E-state index is 14.7. The molecule has 11 heteroatoms. The van der Waals surface area contributed by atoms with Gasteiger partial charge in [0.25, 0.3) is 0 Å². The molecule has 2 aromatic rings. The molecule has 34 heavy (non-hydrogen) atoms. The van der Waals surface area contributed by atoms with Crippen LogP contribution >= 0.6 is 27.5 Å². The number of anilines is 3. The van der Waals surface area contributed by atoms with Crippen molar-refractivity contribution >= 4 is 53.3 Å². The summed E-state index contributed by atoms with van der Waals surface area (Å²) in [5, 5.41) is 16.0. The van der Waals surface area contributed by atoms with Crippen LogP contribution in [0, 0.1) is 23.1 Å². The molecule has 1 aliphatic rings. The van der Waals surface area contributed by atoms with Crippen LogP contribution in [0.15, 0.2) is 22.8 Å². The smallest absolute Gasteiger partial charge is 0.229 e. The lowest BCUT2D eigenvalue weighted by Gasteiger charge is -2.36. The standard InChI is InChI=1S/C23H30BrClFN5O2Si/c1-23(2,3)34(4,5)33-12-15-8-16(9-18(26)20(15)24)29-22-28-11-17(25)21(31-22)30-19-13-32-7-6-14(19)10-27/h8-9,11,14,19H,6-7,12-13H2,1-5H3,(H2,28,29,30,31)/t14-,19+/m1/s1. The van der Waals surface area contributed by atoms with E-state index in [4.69, 9.17) is 20.8 Å². The van der Waals surface area contributed by atoms with Gasteiger partial charge >= 0.3 is 0 Å². The third-order valence-corrected chi connectivity index (χ3v) is 12.0. The van der Waals surface area contributed by atoms with Crippen LogP contribution in [-0.2, 0) is 15.8 Å². The second-order valence-electron chi connectivity index (χ2n) is 9.85. The topological polar surface area (TPSA) is 92.1 Å². The molecule has 2 N–H and O–H groups in total. The fourth-order valence-corrected chi connectivity index (χ4v) is 4.60. The quantitative estimate of drug-likeness (QED) is 0.361. The number of ether oxygens (including phenoxy) is 1. The molecule has 2 atom stereocenters. The van der Waals surface area contributed by atoms with Crippen molar-refractivity contribution in [2.24, 2.45) is 5.92 Å². The highest BCUT2D eigenvalue weighted by Gasteiger charge is 2.37. The van der Waals surface area contributed by atoms with Gasteiger partial charge in [0.1, 0.15) is 10.8 Å². The predicted octanol–water partition coefficient (Wildman–Crippen LogP) is 6.64. The Bertz CT molecular complexity index is 1080. The van der Waals surface area contributed by atoms with Crippen molar-refractivity contribution in [3.8, 4) is 6.07 Å². The van der Waals surface area contributed by atoms with E-state index in [1.165, 1.54) is 12.3 Å². The van der Waals surface area contributed by atoms with Crippen molar-refractivity contribution in [1.29, 1.82) is 5.26 Å². The highest BCUT2D eigenvalue weighted by Crippen LogP contribution is 2.38. The van der Waals surface area contributed by atoms with Crippen LogP contribution < -0.4 is 10.6 Å². The van der Waals surface area contributed by atoms with E-state index in [0.29, 0.717) is 46.2 Å². The third-order valence-electron chi connectivity index (χ3n) is 6.34. The average Bonchev–Trinajstić information content (AvgIpc) is 2.77. The lowest BCUT2D eigenvalue weighted by atomic mass is 9.96. The Balaban J connectivity index is 1.79. The first-order valence-electron chi connectivity index (χ1n) is 11.1. The molecule has 3 rings (SSSR count). The molecular weight excluding hydrogens is 541 g/mol. The van der Waals surface area contributed by atoms with Gasteiger partial charge in [0.05, 0.1) is 41.9 Å². The zero-order valence-corrected chi connectivity index (χ0v) is 23.3. The van der Waals surface area contributed by atoms with Crippen LogP contribution in [0.2, 0.25) is 23.2 Å². The Morgan fingerprint density at radius 3 is 2.79 bits per heavy atom. The van der Waals surface area contributed by atoms with Crippen LogP contribution in [0.25, 0.3) is 0 Å². The first-order chi connectivity index (χ1) is 15.9. The van der Waals surface area contributed by atoms with Gasteiger partial charge < -0.3 is 19.8 Å². The summed E-state index contributed by atoms with van der Waals surface area (Å²) in [7, 11) is -2.01. The summed E-state index contributed by atoms with van der Waals surface area (Å²) in [6.07, 6.45) is 2.10. The molecule has 0 amide bonds. The number of nitrogens with zero attached hydrogens (tertiary/aromatic N) is 3. The second-order valence-corrected chi connectivity index (χ2v) is 15.9. The minimum Gasteiger partial charge on any atom is -0.413 e. The number of rotatable bonds is 7. The fourth-order valence-electron chi connectivity index (χ4n) is 3.17. The zero-order valence-electron chi connectivity index (χ0n) is 20.0. The van der Waals surface area contributed by atoms with Crippen molar-refractivity contribution in [3.05, 3.63) is 39.2 Å². The fraction of sp³-hybridized carbons (Fsp3) is 0.522. The molecule has 0 aliphatic carbocycles. The van der Waals surface area contributed by atoms with Crippen LogP contribution in [0.4, 0.5) is 21.8 Å². The molecule has 0 saturated carbocycles. The minimum absolute atomic E-state index is 0.0440. The van der Waals surface area contributed by atoms with Gasteiger partial charge in [-0.1, -0.05) is 32.4 Å². The number of aromatic nitrogens is 2. The normalized spacial score (nSPS) is 18.9. The summed E-state index contributed by atoms with van der Waals surface area (Å²) >= 11 is 9.63. The van der Waals surface area contributed by atoms with Gasteiger partial charge in [-0.2, -0.15) is 10.2 Å². The van der Waals surface area contributed by atoms with Crippen molar-refractivity contribution in [2.75, 3.05) is 23.8 Å². The van der Waals surface area contributed by atoms with Gasteiger partial charge in [-0.15, -0.1) is 0 Å². The van der Waals surface area contributed by atoms with E-state index in [1.54, 1.807) is 0 Å². The van der Waals surface area contributed by atoms with E-state index in [-0.39, 0.29) is 29.6 Å². The number of nitrogens with one attached hydrogen (secondary N) is 2. The first-order valence-corrected chi connectivity index (χ1v) is 15.1.